The van der Waals surface area contributed by atoms with E-state index in [1.165, 1.54) is 0 Å². The number of benzene rings is 1. The maximum Gasteiger partial charge on any atom is 0.309 e. The molecule has 2 amide bonds. The molecule has 9 heteroatoms. The lowest BCUT2D eigenvalue weighted by atomic mass is 9.96. The third-order valence-corrected chi connectivity index (χ3v) is 5.02. The monoisotopic (exact) mass is 425 g/mol. The lowest BCUT2D eigenvalue weighted by molar-refractivity contribution is -0.149. The van der Waals surface area contributed by atoms with Gasteiger partial charge in [-0.3, -0.25) is 14.4 Å². The van der Waals surface area contributed by atoms with E-state index in [1.54, 1.807) is 36.1 Å². The number of esters is 1. The van der Waals surface area contributed by atoms with Crippen LogP contribution in [-0.2, 0) is 19.1 Å². The zero-order chi connectivity index (χ0) is 19.9. The first-order chi connectivity index (χ1) is 13.6. The average Bonchev–Trinajstić information content (AvgIpc) is 2.74. The second-order valence-corrected chi connectivity index (χ2v) is 6.95. The van der Waals surface area contributed by atoms with Crippen molar-refractivity contribution < 1.29 is 23.9 Å². The Morgan fingerprint density at radius 2 is 1.90 bits per heavy atom. The molecule has 2 aliphatic rings. The molecule has 8 nitrogen and oxygen atoms in total. The topological polar surface area (TPSA) is 97.0 Å². The summed E-state index contributed by atoms with van der Waals surface area (Å²) in [6.45, 7) is 4.99. The summed E-state index contributed by atoms with van der Waals surface area (Å²) in [6.07, 6.45) is 0.734. The molecule has 0 spiro atoms. The number of halogens is 1. The Morgan fingerprint density at radius 1 is 1.21 bits per heavy atom. The van der Waals surface area contributed by atoms with Crippen molar-refractivity contribution in [2.24, 2.45) is 5.92 Å². The molecular formula is C20H28ClN3O5. The first-order valence-electron chi connectivity index (χ1n) is 9.77. The van der Waals surface area contributed by atoms with Gasteiger partial charge in [0.05, 0.1) is 19.1 Å². The fraction of sp³-hybridized carbons (Fsp3) is 0.550. The number of amides is 2. The predicted molar refractivity (Wildman–Crippen MR) is 110 cm³/mol. The molecule has 2 aliphatic heterocycles. The van der Waals surface area contributed by atoms with Crippen molar-refractivity contribution in [3.05, 3.63) is 29.8 Å². The Hall–Kier alpha value is -2.16. The van der Waals surface area contributed by atoms with E-state index in [0.29, 0.717) is 56.9 Å². The number of morpholine rings is 1. The Kier molecular flexibility index (Phi) is 8.88. The van der Waals surface area contributed by atoms with E-state index in [1.807, 2.05) is 0 Å². The molecule has 0 aromatic heterocycles. The molecule has 0 saturated carbocycles. The van der Waals surface area contributed by atoms with Crippen molar-refractivity contribution in [1.29, 1.82) is 0 Å². The Labute approximate surface area is 176 Å². The van der Waals surface area contributed by atoms with Crippen LogP contribution in [0.5, 0.6) is 0 Å². The minimum Gasteiger partial charge on any atom is -0.466 e. The predicted octanol–water partition coefficient (Wildman–Crippen LogP) is 1.45. The number of anilines is 1. The lowest BCUT2D eigenvalue weighted by Crippen LogP contribution is -2.45. The molecule has 1 aromatic carbocycles. The molecule has 0 aliphatic carbocycles. The zero-order valence-corrected chi connectivity index (χ0v) is 17.3. The standard InChI is InChI=1S/C20H27N3O5.ClH/c1-2-27-20(26)15-7-10-23(11-8-15)19(25)14-3-5-16(6-4-14)22-18(24)17-13-21-9-12-28-17;/h3-6,15,17,21H,2,7-13H2,1H3,(H,22,24);1H. The molecule has 0 bridgehead atoms. The number of hydrogen-bond donors (Lipinski definition) is 2. The Bertz CT molecular complexity index is 699. The summed E-state index contributed by atoms with van der Waals surface area (Å²) < 4.78 is 10.5. The van der Waals surface area contributed by atoms with E-state index in [4.69, 9.17) is 9.47 Å². The quantitative estimate of drug-likeness (QED) is 0.693. The van der Waals surface area contributed by atoms with E-state index in [2.05, 4.69) is 10.6 Å². The van der Waals surface area contributed by atoms with Gasteiger partial charge in [0, 0.05) is 37.4 Å². The maximum atomic E-state index is 12.7. The van der Waals surface area contributed by atoms with Crippen LogP contribution in [0.2, 0.25) is 0 Å². The number of rotatable bonds is 5. The summed E-state index contributed by atoms with van der Waals surface area (Å²) in [7, 11) is 0. The van der Waals surface area contributed by atoms with Gasteiger partial charge in [-0.05, 0) is 44.0 Å². The highest BCUT2D eigenvalue weighted by atomic mass is 35.5. The van der Waals surface area contributed by atoms with Crippen LogP contribution in [0.3, 0.4) is 0 Å². The van der Waals surface area contributed by atoms with Crippen LogP contribution in [0.4, 0.5) is 5.69 Å². The molecular weight excluding hydrogens is 398 g/mol. The number of piperidine rings is 1. The second-order valence-electron chi connectivity index (χ2n) is 6.95. The van der Waals surface area contributed by atoms with Crippen LogP contribution < -0.4 is 10.6 Å². The van der Waals surface area contributed by atoms with Gasteiger partial charge in [-0.15, -0.1) is 12.4 Å². The molecule has 1 aromatic rings. The Morgan fingerprint density at radius 3 is 2.48 bits per heavy atom. The molecule has 0 radical (unpaired) electrons. The van der Waals surface area contributed by atoms with Crippen LogP contribution >= 0.6 is 12.4 Å². The number of nitrogens with one attached hydrogen (secondary N) is 2. The molecule has 2 N–H and O–H groups in total. The van der Waals surface area contributed by atoms with Crippen LogP contribution in [-0.4, -0.2) is 68.2 Å². The zero-order valence-electron chi connectivity index (χ0n) is 16.5. The largest absolute Gasteiger partial charge is 0.466 e. The minimum atomic E-state index is -0.504. The summed E-state index contributed by atoms with van der Waals surface area (Å²) in [5.41, 5.74) is 1.18. The highest BCUT2D eigenvalue weighted by Gasteiger charge is 2.28. The summed E-state index contributed by atoms with van der Waals surface area (Å²) in [6, 6.07) is 6.84. The first-order valence-corrected chi connectivity index (χ1v) is 9.77. The number of hydrogen-bond acceptors (Lipinski definition) is 6. The van der Waals surface area contributed by atoms with Gasteiger partial charge in [0.25, 0.3) is 11.8 Å². The summed E-state index contributed by atoms with van der Waals surface area (Å²) in [4.78, 5) is 38.4. The summed E-state index contributed by atoms with van der Waals surface area (Å²) in [5, 5.41) is 5.92. The molecule has 160 valence electrons. The van der Waals surface area contributed by atoms with Gasteiger partial charge < -0.3 is 25.0 Å². The average molecular weight is 426 g/mol. The van der Waals surface area contributed by atoms with Crippen LogP contribution in [0.25, 0.3) is 0 Å². The van der Waals surface area contributed by atoms with E-state index in [9.17, 15) is 14.4 Å². The van der Waals surface area contributed by atoms with Gasteiger partial charge in [0.1, 0.15) is 6.10 Å². The van der Waals surface area contributed by atoms with Gasteiger partial charge in [-0.1, -0.05) is 0 Å². The maximum absolute atomic E-state index is 12.7. The van der Waals surface area contributed by atoms with Crippen molar-refractivity contribution in [1.82, 2.24) is 10.2 Å². The van der Waals surface area contributed by atoms with Crippen molar-refractivity contribution in [2.45, 2.75) is 25.9 Å². The highest BCUT2D eigenvalue weighted by Crippen LogP contribution is 2.21. The van der Waals surface area contributed by atoms with Crippen molar-refractivity contribution >= 4 is 35.9 Å². The molecule has 1 unspecified atom stereocenters. The van der Waals surface area contributed by atoms with Gasteiger partial charge >= 0.3 is 5.97 Å². The number of carbonyl (C=O) groups is 3. The third kappa shape index (κ3) is 6.16. The third-order valence-electron chi connectivity index (χ3n) is 5.02. The van der Waals surface area contributed by atoms with E-state index < -0.39 is 6.10 Å². The van der Waals surface area contributed by atoms with Crippen molar-refractivity contribution in [2.75, 3.05) is 44.7 Å². The molecule has 1 atom stereocenters. The van der Waals surface area contributed by atoms with Crippen molar-refractivity contribution in [3.8, 4) is 0 Å². The SMILES string of the molecule is CCOC(=O)C1CCN(C(=O)c2ccc(NC(=O)C3CNCCO3)cc2)CC1.Cl. The summed E-state index contributed by atoms with van der Waals surface area (Å²) >= 11 is 0. The van der Waals surface area contributed by atoms with E-state index >= 15 is 0 Å². The first kappa shape index (κ1) is 23.1. The van der Waals surface area contributed by atoms with Crippen LogP contribution in [0.15, 0.2) is 24.3 Å². The Balaban J connectivity index is 0.00000300. The number of carbonyl (C=O) groups excluding carboxylic acids is 3. The van der Waals surface area contributed by atoms with Crippen LogP contribution in [0.1, 0.15) is 30.1 Å². The molecule has 2 heterocycles. The molecule has 2 fully saturated rings. The molecule has 2 saturated heterocycles. The number of likely N-dealkylation sites (tertiary alicyclic amines) is 1. The fourth-order valence-corrected chi connectivity index (χ4v) is 3.41. The van der Waals surface area contributed by atoms with E-state index in [-0.39, 0.29) is 36.1 Å². The number of nitrogens with zero attached hydrogens (tertiary/aromatic N) is 1. The van der Waals surface area contributed by atoms with Gasteiger partial charge in [0.2, 0.25) is 0 Å². The summed E-state index contributed by atoms with van der Waals surface area (Å²) in [5.74, 6) is -0.572. The van der Waals surface area contributed by atoms with Crippen molar-refractivity contribution in [3.63, 3.8) is 0 Å². The highest BCUT2D eigenvalue weighted by molar-refractivity contribution is 5.97. The number of ether oxygens (including phenoxy) is 2. The van der Waals surface area contributed by atoms with E-state index in [0.717, 1.165) is 6.54 Å². The van der Waals surface area contributed by atoms with Gasteiger partial charge in [-0.25, -0.2) is 0 Å². The second kappa shape index (κ2) is 11.1. The normalized spacial score (nSPS) is 19.8. The molecule has 3 rings (SSSR count). The molecule has 29 heavy (non-hydrogen) atoms. The van der Waals surface area contributed by atoms with Crippen LogP contribution in [0, 0.1) is 5.92 Å². The van der Waals surface area contributed by atoms with Gasteiger partial charge in [0.15, 0.2) is 0 Å². The minimum absolute atomic E-state index is 0. The van der Waals surface area contributed by atoms with Gasteiger partial charge in [-0.2, -0.15) is 0 Å². The lowest BCUT2D eigenvalue weighted by Gasteiger charge is -2.31. The fourth-order valence-electron chi connectivity index (χ4n) is 3.41. The smallest absolute Gasteiger partial charge is 0.309 e.